The van der Waals surface area contributed by atoms with Crippen molar-refractivity contribution in [3.8, 4) is 0 Å². The van der Waals surface area contributed by atoms with E-state index in [0.717, 1.165) is 12.0 Å². The number of rotatable bonds is 7. The minimum Gasteiger partial charge on any atom is -0.376 e. The molecule has 1 N–H and O–H groups in total. The van der Waals surface area contributed by atoms with Crippen molar-refractivity contribution in [2.45, 2.75) is 25.0 Å². The Morgan fingerprint density at radius 3 is 2.65 bits per heavy atom. The third kappa shape index (κ3) is 4.41. The van der Waals surface area contributed by atoms with Gasteiger partial charge in [-0.1, -0.05) is 36.4 Å². The largest absolute Gasteiger partial charge is 0.376 e. The number of methoxy groups -OCH3 is 1. The van der Waals surface area contributed by atoms with Gasteiger partial charge in [0.2, 0.25) is 0 Å². The second kappa shape index (κ2) is 8.81. The molecule has 0 saturated carbocycles. The second-order valence-corrected chi connectivity index (χ2v) is 7.85. The van der Waals surface area contributed by atoms with Gasteiger partial charge in [0.15, 0.2) is 5.78 Å². The van der Waals surface area contributed by atoms with Crippen LogP contribution in [-0.4, -0.2) is 28.6 Å². The summed E-state index contributed by atoms with van der Waals surface area (Å²) in [5.74, 6) is -0.996. The molecule has 1 aromatic heterocycles. The fraction of sp³-hybridized carbons (Fsp3) is 0.292. The molecule has 3 atom stereocenters. The van der Waals surface area contributed by atoms with Gasteiger partial charge in [0.1, 0.15) is 11.9 Å². The van der Waals surface area contributed by atoms with Crippen molar-refractivity contribution >= 4 is 11.7 Å². The average molecular weight is 421 g/mol. The lowest BCUT2D eigenvalue weighted by Crippen LogP contribution is -2.35. The summed E-state index contributed by atoms with van der Waals surface area (Å²) in [6.07, 6.45) is 3.80. The maximum atomic E-state index is 13.5. The van der Waals surface area contributed by atoms with Gasteiger partial charge in [0, 0.05) is 32.7 Å². The van der Waals surface area contributed by atoms with Crippen LogP contribution >= 0.6 is 0 Å². The molecule has 0 radical (unpaired) electrons. The number of nitrogens with zero attached hydrogens (tertiary/aromatic N) is 2. The van der Waals surface area contributed by atoms with Crippen LogP contribution in [0.2, 0.25) is 0 Å². The summed E-state index contributed by atoms with van der Waals surface area (Å²) in [6.45, 7) is 0. The van der Waals surface area contributed by atoms with Gasteiger partial charge in [0.05, 0.1) is 17.9 Å². The lowest BCUT2D eigenvalue weighted by Gasteiger charge is -2.23. The number of hydrogen-bond acceptors (Lipinski definition) is 4. The van der Waals surface area contributed by atoms with E-state index < -0.39 is 17.8 Å². The van der Waals surface area contributed by atoms with E-state index in [0.29, 0.717) is 11.1 Å². The Balaban J connectivity index is 1.57. The summed E-state index contributed by atoms with van der Waals surface area (Å²) < 4.78 is 20.7. The molecule has 1 aliphatic rings. The van der Waals surface area contributed by atoms with Crippen molar-refractivity contribution in [2.75, 3.05) is 7.11 Å². The lowest BCUT2D eigenvalue weighted by molar-refractivity contribution is -0.123. The quantitative estimate of drug-likeness (QED) is 0.633. The Kier molecular flexibility index (Phi) is 5.95. The zero-order chi connectivity index (χ0) is 22.0. The number of aromatic nitrogens is 2. The number of nitrogens with one attached hydrogen (secondary N) is 1. The zero-order valence-corrected chi connectivity index (χ0v) is 17.4. The number of halogens is 1. The van der Waals surface area contributed by atoms with E-state index in [1.807, 2.05) is 24.3 Å². The molecule has 160 valence electrons. The first kappa shape index (κ1) is 20.9. The number of aryl methyl sites for hydroxylation is 1. The molecule has 0 spiro atoms. The molecule has 7 heteroatoms. The second-order valence-electron chi connectivity index (χ2n) is 7.85. The van der Waals surface area contributed by atoms with Crippen LogP contribution in [0.3, 0.4) is 0 Å². The highest BCUT2D eigenvalue weighted by Gasteiger charge is 2.36. The Bertz CT molecular complexity index is 1090. The van der Waals surface area contributed by atoms with Crippen LogP contribution in [0.15, 0.2) is 60.9 Å². The van der Waals surface area contributed by atoms with Crippen molar-refractivity contribution < 1.29 is 18.7 Å². The standard InChI is InChI=1S/C24H24FN3O3/c1-28-14-18(13-26-28)24(30)27-22(15-7-9-19(25)10-8-15)21(29)12-17-11-16-5-3-4-6-20(16)23(17)31-2/h3-10,13-14,17,22-23H,11-12H2,1-2H3,(H,27,30)/t17?,22-,23?/m0/s1. The Hall–Kier alpha value is -3.32. The van der Waals surface area contributed by atoms with Gasteiger partial charge in [-0.15, -0.1) is 0 Å². The highest BCUT2D eigenvalue weighted by molar-refractivity contribution is 5.98. The van der Waals surface area contributed by atoms with Crippen LogP contribution < -0.4 is 5.32 Å². The van der Waals surface area contributed by atoms with Gasteiger partial charge in [-0.2, -0.15) is 5.10 Å². The van der Waals surface area contributed by atoms with Gasteiger partial charge in [-0.3, -0.25) is 14.3 Å². The molecule has 1 heterocycles. The molecule has 1 aliphatic carbocycles. The van der Waals surface area contributed by atoms with E-state index in [4.69, 9.17) is 4.74 Å². The van der Waals surface area contributed by atoms with E-state index in [2.05, 4.69) is 10.4 Å². The molecule has 0 bridgehead atoms. The normalized spacial score (nSPS) is 18.4. The number of fused-ring (bicyclic) bond motifs is 1. The molecule has 3 aromatic rings. The minimum atomic E-state index is -0.894. The van der Waals surface area contributed by atoms with Crippen LogP contribution in [0.25, 0.3) is 0 Å². The van der Waals surface area contributed by atoms with Crippen molar-refractivity contribution in [3.05, 3.63) is 89.0 Å². The van der Waals surface area contributed by atoms with E-state index >= 15 is 0 Å². The van der Waals surface area contributed by atoms with Crippen molar-refractivity contribution in [3.63, 3.8) is 0 Å². The van der Waals surface area contributed by atoms with Gasteiger partial charge >= 0.3 is 0 Å². The maximum Gasteiger partial charge on any atom is 0.255 e. The molecular weight excluding hydrogens is 397 g/mol. The zero-order valence-electron chi connectivity index (χ0n) is 17.4. The smallest absolute Gasteiger partial charge is 0.255 e. The first-order valence-electron chi connectivity index (χ1n) is 10.1. The minimum absolute atomic E-state index is 0.0341. The van der Waals surface area contributed by atoms with Gasteiger partial charge in [-0.05, 0) is 35.2 Å². The van der Waals surface area contributed by atoms with Gasteiger partial charge in [-0.25, -0.2) is 4.39 Å². The monoisotopic (exact) mass is 421 g/mol. The van der Waals surface area contributed by atoms with Gasteiger partial charge in [0.25, 0.3) is 5.91 Å². The number of hydrogen-bond donors (Lipinski definition) is 1. The number of ether oxygens (including phenoxy) is 1. The lowest BCUT2D eigenvalue weighted by atomic mass is 9.91. The van der Waals surface area contributed by atoms with Gasteiger partial charge < -0.3 is 10.1 Å². The molecule has 31 heavy (non-hydrogen) atoms. The third-order valence-electron chi connectivity index (χ3n) is 5.76. The average Bonchev–Trinajstić information content (AvgIpc) is 3.35. The topological polar surface area (TPSA) is 73.2 Å². The molecule has 4 rings (SSSR count). The fourth-order valence-electron chi connectivity index (χ4n) is 4.27. The SMILES string of the molecule is COC1c2ccccc2CC1CC(=O)[C@@H](NC(=O)c1cnn(C)c1)c1ccc(F)cc1. The summed E-state index contributed by atoms with van der Waals surface area (Å²) in [5, 5.41) is 6.81. The van der Waals surface area contributed by atoms with E-state index in [1.54, 1.807) is 20.4 Å². The number of Topliss-reactive ketones (excluding diaryl/α,β-unsaturated/α-hetero) is 1. The Labute approximate surface area is 180 Å². The fourth-order valence-corrected chi connectivity index (χ4v) is 4.27. The number of amides is 1. The maximum absolute atomic E-state index is 13.5. The van der Waals surface area contributed by atoms with Crippen LogP contribution in [0, 0.1) is 11.7 Å². The van der Waals surface area contributed by atoms with E-state index in [1.165, 1.54) is 40.7 Å². The summed E-state index contributed by atoms with van der Waals surface area (Å²) in [4.78, 5) is 26.1. The van der Waals surface area contributed by atoms with E-state index in [9.17, 15) is 14.0 Å². The Morgan fingerprint density at radius 1 is 1.23 bits per heavy atom. The summed E-state index contributed by atoms with van der Waals surface area (Å²) in [7, 11) is 3.36. The first-order chi connectivity index (χ1) is 15.0. The number of carbonyl (C=O) groups excluding carboxylic acids is 2. The highest BCUT2D eigenvalue weighted by Crippen LogP contribution is 2.40. The van der Waals surface area contributed by atoms with Crippen LogP contribution in [-0.2, 0) is 23.0 Å². The van der Waals surface area contributed by atoms with Crippen LogP contribution in [0.4, 0.5) is 4.39 Å². The van der Waals surface area contributed by atoms with Crippen LogP contribution in [0.1, 0.15) is 45.6 Å². The Morgan fingerprint density at radius 2 is 1.97 bits per heavy atom. The van der Waals surface area contributed by atoms with Crippen LogP contribution in [0.5, 0.6) is 0 Å². The third-order valence-corrected chi connectivity index (χ3v) is 5.76. The summed E-state index contributed by atoms with van der Waals surface area (Å²) in [6, 6.07) is 12.7. The highest BCUT2D eigenvalue weighted by atomic mass is 19.1. The number of benzene rings is 2. The summed E-state index contributed by atoms with van der Waals surface area (Å²) >= 11 is 0. The molecule has 0 aliphatic heterocycles. The summed E-state index contributed by atoms with van der Waals surface area (Å²) in [5.41, 5.74) is 3.16. The molecule has 2 unspecified atom stereocenters. The molecular formula is C24H24FN3O3. The molecule has 2 aromatic carbocycles. The molecule has 0 fully saturated rings. The number of carbonyl (C=O) groups is 2. The van der Waals surface area contributed by atoms with Crippen molar-refractivity contribution in [1.82, 2.24) is 15.1 Å². The van der Waals surface area contributed by atoms with Crippen molar-refractivity contribution in [2.24, 2.45) is 13.0 Å². The molecule has 0 saturated heterocycles. The predicted molar refractivity (Wildman–Crippen MR) is 113 cm³/mol. The van der Waals surface area contributed by atoms with Crippen molar-refractivity contribution in [1.29, 1.82) is 0 Å². The van der Waals surface area contributed by atoms with E-state index in [-0.39, 0.29) is 24.2 Å². The number of ketones is 1. The molecule has 1 amide bonds. The molecule has 6 nitrogen and oxygen atoms in total. The predicted octanol–water partition coefficient (Wildman–Crippen LogP) is 3.55. The first-order valence-corrected chi connectivity index (χ1v) is 10.1.